The third-order valence-corrected chi connectivity index (χ3v) is 4.21. The molecule has 1 aromatic rings. The van der Waals surface area contributed by atoms with Gasteiger partial charge in [0.1, 0.15) is 18.1 Å². The molecule has 1 aromatic carbocycles. The molecule has 0 aromatic heterocycles. The number of alkyl halides is 1. The van der Waals surface area contributed by atoms with Crippen molar-refractivity contribution in [2.45, 2.75) is 58.4 Å². The van der Waals surface area contributed by atoms with Crippen LogP contribution in [0.4, 0.5) is 0 Å². The van der Waals surface area contributed by atoms with Gasteiger partial charge in [0, 0.05) is 20.8 Å². The van der Waals surface area contributed by atoms with Crippen LogP contribution in [0.1, 0.15) is 27.7 Å². The van der Waals surface area contributed by atoms with Crippen LogP contribution in [-0.4, -0.2) is 61.1 Å². The van der Waals surface area contributed by atoms with Gasteiger partial charge in [-0.05, 0) is 31.2 Å². The monoisotopic (exact) mass is 444 g/mol. The van der Waals surface area contributed by atoms with Gasteiger partial charge in [-0.2, -0.15) is 0 Å². The number of hydrogen-bond donors (Lipinski definition) is 0. The molecule has 9 nitrogen and oxygen atoms in total. The van der Waals surface area contributed by atoms with Crippen LogP contribution in [0.2, 0.25) is 0 Å². The summed E-state index contributed by atoms with van der Waals surface area (Å²) in [6.45, 7) is 5.61. The molecule has 0 bridgehead atoms. The maximum Gasteiger partial charge on any atom is 0.303 e. The number of ether oxygens (including phenoxy) is 6. The molecule has 1 aliphatic heterocycles. The van der Waals surface area contributed by atoms with Gasteiger partial charge < -0.3 is 28.4 Å². The Kier molecular flexibility index (Phi) is 8.73. The highest BCUT2D eigenvalue weighted by atomic mass is 35.5. The normalized spacial score (nSPS) is 25.7. The summed E-state index contributed by atoms with van der Waals surface area (Å²) < 4.78 is 33.0. The molecule has 0 saturated carbocycles. The topological polar surface area (TPSA) is 107 Å². The average Bonchev–Trinajstić information content (AvgIpc) is 2.66. The molecule has 5 atom stereocenters. The summed E-state index contributed by atoms with van der Waals surface area (Å²) in [7, 11) is 0. The van der Waals surface area contributed by atoms with Gasteiger partial charge in [0.05, 0.1) is 12.0 Å². The lowest BCUT2D eigenvalue weighted by Gasteiger charge is -2.43. The summed E-state index contributed by atoms with van der Waals surface area (Å²) in [6, 6.07) is 6.64. The van der Waals surface area contributed by atoms with Gasteiger partial charge in [0.15, 0.2) is 12.2 Å². The van der Waals surface area contributed by atoms with Crippen molar-refractivity contribution < 1.29 is 42.8 Å². The summed E-state index contributed by atoms with van der Waals surface area (Å²) in [5, 5.41) is 0. The molecular weight excluding hydrogens is 420 g/mol. The minimum atomic E-state index is -1.17. The maximum atomic E-state index is 11.7. The number of carbonyl (C=O) groups excluding carboxylic acids is 3. The van der Waals surface area contributed by atoms with E-state index < -0.39 is 48.6 Å². The Labute approximate surface area is 179 Å². The molecule has 0 unspecified atom stereocenters. The van der Waals surface area contributed by atoms with E-state index in [1.54, 1.807) is 31.2 Å². The summed E-state index contributed by atoms with van der Waals surface area (Å²) in [4.78, 5) is 34.9. The predicted molar refractivity (Wildman–Crippen MR) is 104 cm³/mol. The van der Waals surface area contributed by atoms with E-state index in [0.29, 0.717) is 24.0 Å². The molecule has 0 N–H and O–H groups in total. The lowest BCUT2D eigenvalue weighted by molar-refractivity contribution is -0.280. The molecule has 1 fully saturated rings. The third kappa shape index (κ3) is 6.77. The Hall–Kier alpha value is -2.52. The minimum absolute atomic E-state index is 0.358. The second-order valence-corrected chi connectivity index (χ2v) is 6.94. The van der Waals surface area contributed by atoms with E-state index in [9.17, 15) is 14.4 Å². The zero-order chi connectivity index (χ0) is 22.3. The van der Waals surface area contributed by atoms with E-state index in [1.807, 2.05) is 0 Å². The molecular formula is C20H25ClO9. The standard InChI is InChI=1S/C20H25ClO9/c1-11-17(27-12(2)22)18(28-13(3)23)19(29-14(4)24)20(26-11)30-16-7-5-15(6-8-16)25-10-9-21/h5-8,11,17-20H,9-10H2,1-4H3/t11-,17-,18+,19+,20-/m0/s1. The smallest absolute Gasteiger partial charge is 0.303 e. The molecule has 166 valence electrons. The van der Waals surface area contributed by atoms with Crippen LogP contribution >= 0.6 is 11.6 Å². The SMILES string of the molecule is CC(=O)O[C@@H]1[C@@H](OC(C)=O)[C@H](C)O[C@@H](Oc2ccc(OCCCl)cc2)[C@@H]1OC(C)=O. The van der Waals surface area contributed by atoms with Crippen molar-refractivity contribution in [2.24, 2.45) is 0 Å². The van der Waals surface area contributed by atoms with Gasteiger partial charge >= 0.3 is 17.9 Å². The lowest BCUT2D eigenvalue weighted by atomic mass is 9.99. The third-order valence-electron chi connectivity index (χ3n) is 4.06. The molecule has 1 heterocycles. The van der Waals surface area contributed by atoms with Gasteiger partial charge in [-0.3, -0.25) is 14.4 Å². The molecule has 0 aliphatic carbocycles. The lowest BCUT2D eigenvalue weighted by Crippen LogP contribution is -2.62. The molecule has 30 heavy (non-hydrogen) atoms. The molecule has 1 aliphatic rings. The van der Waals surface area contributed by atoms with Crippen molar-refractivity contribution in [3.05, 3.63) is 24.3 Å². The fourth-order valence-electron chi connectivity index (χ4n) is 2.97. The van der Waals surface area contributed by atoms with E-state index in [0.717, 1.165) is 0 Å². The fourth-order valence-corrected chi connectivity index (χ4v) is 3.05. The number of esters is 3. The van der Waals surface area contributed by atoms with Gasteiger partial charge in [-0.15, -0.1) is 11.6 Å². The van der Waals surface area contributed by atoms with Crippen LogP contribution in [0.3, 0.4) is 0 Å². The predicted octanol–water partition coefficient (Wildman–Crippen LogP) is 2.22. The van der Waals surface area contributed by atoms with Crippen LogP contribution in [0.15, 0.2) is 24.3 Å². The first kappa shape index (κ1) is 23.8. The fraction of sp³-hybridized carbons (Fsp3) is 0.550. The second kappa shape index (κ2) is 11.0. The van der Waals surface area contributed by atoms with E-state index in [-0.39, 0.29) is 0 Å². The van der Waals surface area contributed by atoms with Crippen LogP contribution in [0.5, 0.6) is 11.5 Å². The van der Waals surface area contributed by atoms with Crippen molar-refractivity contribution in [1.82, 2.24) is 0 Å². The van der Waals surface area contributed by atoms with Crippen molar-refractivity contribution in [2.75, 3.05) is 12.5 Å². The largest absolute Gasteiger partial charge is 0.492 e. The number of benzene rings is 1. The van der Waals surface area contributed by atoms with E-state index in [4.69, 9.17) is 40.0 Å². The summed E-state index contributed by atoms with van der Waals surface area (Å²) in [5.74, 6) is -0.517. The Bertz CT molecular complexity index is 736. The van der Waals surface area contributed by atoms with Gasteiger partial charge in [0.25, 0.3) is 0 Å². The molecule has 1 saturated heterocycles. The van der Waals surface area contributed by atoms with E-state index in [2.05, 4.69) is 0 Å². The van der Waals surface area contributed by atoms with Crippen molar-refractivity contribution >= 4 is 29.5 Å². The summed E-state index contributed by atoms with van der Waals surface area (Å²) in [6.07, 6.45) is -5.09. The van der Waals surface area contributed by atoms with E-state index >= 15 is 0 Å². The minimum Gasteiger partial charge on any atom is -0.492 e. The number of carbonyl (C=O) groups is 3. The highest BCUT2D eigenvalue weighted by Crippen LogP contribution is 2.30. The van der Waals surface area contributed by atoms with Crippen LogP contribution in [-0.2, 0) is 33.3 Å². The average molecular weight is 445 g/mol. The quantitative estimate of drug-likeness (QED) is 0.339. The summed E-state index contributed by atoms with van der Waals surface area (Å²) >= 11 is 5.60. The molecule has 0 radical (unpaired) electrons. The van der Waals surface area contributed by atoms with Gasteiger partial charge in [-0.25, -0.2) is 0 Å². The zero-order valence-electron chi connectivity index (χ0n) is 17.2. The Balaban J connectivity index is 2.26. The Morgan fingerprint density at radius 1 is 0.867 bits per heavy atom. The molecule has 10 heteroatoms. The number of halogens is 1. The van der Waals surface area contributed by atoms with Crippen LogP contribution < -0.4 is 9.47 Å². The zero-order valence-corrected chi connectivity index (χ0v) is 17.9. The Morgan fingerprint density at radius 3 is 1.90 bits per heavy atom. The van der Waals surface area contributed by atoms with Gasteiger partial charge in [-0.1, -0.05) is 0 Å². The first-order valence-corrected chi connectivity index (χ1v) is 9.87. The van der Waals surface area contributed by atoms with Gasteiger partial charge in [0.2, 0.25) is 12.4 Å². The molecule has 2 rings (SSSR count). The number of rotatable bonds is 8. The highest BCUT2D eigenvalue weighted by molar-refractivity contribution is 6.18. The first-order chi connectivity index (χ1) is 14.2. The van der Waals surface area contributed by atoms with Crippen molar-refractivity contribution in [3.8, 4) is 11.5 Å². The molecule has 0 amide bonds. The Morgan fingerprint density at radius 2 is 1.37 bits per heavy atom. The van der Waals surface area contributed by atoms with E-state index in [1.165, 1.54) is 20.8 Å². The van der Waals surface area contributed by atoms with Crippen molar-refractivity contribution in [3.63, 3.8) is 0 Å². The highest BCUT2D eigenvalue weighted by Gasteiger charge is 2.51. The van der Waals surface area contributed by atoms with Crippen molar-refractivity contribution in [1.29, 1.82) is 0 Å². The molecule has 0 spiro atoms. The van der Waals surface area contributed by atoms with Crippen LogP contribution in [0.25, 0.3) is 0 Å². The number of hydrogen-bond acceptors (Lipinski definition) is 9. The first-order valence-electron chi connectivity index (χ1n) is 9.34. The summed E-state index contributed by atoms with van der Waals surface area (Å²) in [5.41, 5.74) is 0. The second-order valence-electron chi connectivity index (χ2n) is 6.56. The van der Waals surface area contributed by atoms with Crippen LogP contribution in [0, 0.1) is 0 Å². The maximum absolute atomic E-state index is 11.7.